The molecule has 0 radical (unpaired) electrons. The molecule has 1 aliphatic rings. The second-order valence-corrected chi connectivity index (χ2v) is 4.60. The molecule has 0 bridgehead atoms. The highest BCUT2D eigenvalue weighted by Gasteiger charge is 2.35. The van der Waals surface area contributed by atoms with Gasteiger partial charge in [-0.15, -0.1) is 12.4 Å². The maximum Gasteiger partial charge on any atom is 0.320 e. The molecule has 2 unspecified atom stereocenters. The van der Waals surface area contributed by atoms with E-state index >= 15 is 0 Å². The van der Waals surface area contributed by atoms with Gasteiger partial charge in [0.1, 0.15) is 6.04 Å². The predicted octanol–water partition coefficient (Wildman–Crippen LogP) is 1.52. The average Bonchev–Trinajstić information content (AvgIpc) is 2.30. The highest BCUT2D eigenvalue weighted by molar-refractivity contribution is 5.85. The minimum absolute atomic E-state index is 0. The summed E-state index contributed by atoms with van der Waals surface area (Å²) in [4.78, 5) is 10.6. The number of halogens is 1. The average molecular weight is 208 g/mol. The van der Waals surface area contributed by atoms with Crippen LogP contribution in [0.1, 0.15) is 27.2 Å². The third kappa shape index (κ3) is 3.16. The molecular weight excluding hydrogens is 190 g/mol. The largest absolute Gasteiger partial charge is 0.480 e. The van der Waals surface area contributed by atoms with Crippen LogP contribution in [0.3, 0.4) is 0 Å². The maximum atomic E-state index is 10.6. The molecule has 0 aromatic heterocycles. The highest BCUT2D eigenvalue weighted by atomic mass is 35.5. The summed E-state index contributed by atoms with van der Waals surface area (Å²) in [6.07, 6.45) is 0.763. The maximum absolute atomic E-state index is 10.6. The molecule has 0 spiro atoms. The summed E-state index contributed by atoms with van der Waals surface area (Å²) in [6.45, 7) is 7.30. The summed E-state index contributed by atoms with van der Waals surface area (Å²) in [5.41, 5.74) is 0.219. The molecule has 1 saturated heterocycles. The lowest BCUT2D eigenvalue weighted by Gasteiger charge is -2.25. The van der Waals surface area contributed by atoms with Crippen LogP contribution in [0.2, 0.25) is 0 Å². The van der Waals surface area contributed by atoms with Crippen LogP contribution in [0, 0.1) is 11.3 Å². The summed E-state index contributed by atoms with van der Waals surface area (Å²) in [5.74, 6) is -0.236. The van der Waals surface area contributed by atoms with Crippen molar-refractivity contribution in [2.24, 2.45) is 11.3 Å². The molecule has 0 aliphatic carbocycles. The van der Waals surface area contributed by atoms with Crippen molar-refractivity contribution in [2.45, 2.75) is 33.2 Å². The van der Waals surface area contributed by atoms with Crippen LogP contribution in [0.15, 0.2) is 0 Å². The monoisotopic (exact) mass is 207 g/mol. The van der Waals surface area contributed by atoms with Crippen LogP contribution in [0.5, 0.6) is 0 Å². The van der Waals surface area contributed by atoms with Crippen LogP contribution in [-0.2, 0) is 4.79 Å². The third-order valence-electron chi connectivity index (χ3n) is 2.65. The Balaban J connectivity index is 0.00000144. The number of rotatable bonds is 1. The zero-order valence-corrected chi connectivity index (χ0v) is 9.15. The van der Waals surface area contributed by atoms with Crippen molar-refractivity contribution in [3.05, 3.63) is 0 Å². The standard InChI is InChI=1S/C9H17NO2.ClH/c1-9(2,3)6-4-7(8(11)12)10-5-6;/h6-7,10H,4-5H2,1-3H3,(H,11,12);1H. The van der Waals surface area contributed by atoms with Gasteiger partial charge in [0, 0.05) is 0 Å². The molecule has 3 nitrogen and oxygen atoms in total. The van der Waals surface area contributed by atoms with E-state index in [1.165, 1.54) is 0 Å². The van der Waals surface area contributed by atoms with E-state index < -0.39 is 5.97 Å². The summed E-state index contributed by atoms with van der Waals surface area (Å²) in [5, 5.41) is 11.7. The van der Waals surface area contributed by atoms with Gasteiger partial charge in [-0.2, -0.15) is 0 Å². The number of carboxylic acids is 1. The Bertz CT molecular complexity index is 189. The lowest BCUT2D eigenvalue weighted by molar-refractivity contribution is -0.139. The summed E-state index contributed by atoms with van der Waals surface area (Å²) in [7, 11) is 0. The quantitative estimate of drug-likeness (QED) is 0.686. The van der Waals surface area contributed by atoms with Crippen molar-refractivity contribution >= 4 is 18.4 Å². The van der Waals surface area contributed by atoms with Gasteiger partial charge < -0.3 is 10.4 Å². The van der Waals surface area contributed by atoms with E-state index in [4.69, 9.17) is 5.11 Å². The lowest BCUT2D eigenvalue weighted by Crippen LogP contribution is -2.30. The van der Waals surface area contributed by atoms with Gasteiger partial charge in [0.15, 0.2) is 0 Å². The summed E-state index contributed by atoms with van der Waals surface area (Å²) in [6, 6.07) is -0.325. The number of carboxylic acid groups (broad SMARTS) is 1. The minimum atomic E-state index is -0.721. The minimum Gasteiger partial charge on any atom is -0.480 e. The van der Waals surface area contributed by atoms with E-state index in [0.717, 1.165) is 13.0 Å². The molecule has 1 aliphatic heterocycles. The Morgan fingerprint density at radius 3 is 2.23 bits per heavy atom. The molecule has 1 fully saturated rings. The molecule has 1 rings (SSSR count). The van der Waals surface area contributed by atoms with Gasteiger partial charge in [-0.1, -0.05) is 20.8 Å². The fourth-order valence-electron chi connectivity index (χ4n) is 1.58. The highest BCUT2D eigenvalue weighted by Crippen LogP contribution is 2.32. The van der Waals surface area contributed by atoms with Crippen LogP contribution in [0.25, 0.3) is 0 Å². The molecule has 0 aromatic rings. The van der Waals surface area contributed by atoms with Crippen LogP contribution < -0.4 is 5.32 Å². The van der Waals surface area contributed by atoms with E-state index in [0.29, 0.717) is 5.92 Å². The van der Waals surface area contributed by atoms with Crippen LogP contribution >= 0.6 is 12.4 Å². The molecule has 0 aromatic carbocycles. The van der Waals surface area contributed by atoms with Crippen molar-refractivity contribution < 1.29 is 9.90 Å². The van der Waals surface area contributed by atoms with Crippen molar-refractivity contribution in [3.63, 3.8) is 0 Å². The predicted molar refractivity (Wildman–Crippen MR) is 54.2 cm³/mol. The first-order valence-electron chi connectivity index (χ1n) is 4.37. The molecule has 4 heteroatoms. The van der Waals surface area contributed by atoms with E-state index in [2.05, 4.69) is 26.1 Å². The van der Waals surface area contributed by atoms with Gasteiger partial charge in [0.2, 0.25) is 0 Å². The van der Waals surface area contributed by atoms with E-state index in [1.54, 1.807) is 0 Å². The van der Waals surface area contributed by atoms with Gasteiger partial charge in [-0.05, 0) is 24.3 Å². The van der Waals surface area contributed by atoms with Crippen molar-refractivity contribution in [1.29, 1.82) is 0 Å². The number of hydrogen-bond acceptors (Lipinski definition) is 2. The number of aliphatic carboxylic acids is 1. The Labute approximate surface area is 85.3 Å². The summed E-state index contributed by atoms with van der Waals surface area (Å²) < 4.78 is 0. The fourth-order valence-corrected chi connectivity index (χ4v) is 1.58. The second-order valence-electron chi connectivity index (χ2n) is 4.60. The van der Waals surface area contributed by atoms with Crippen LogP contribution in [-0.4, -0.2) is 23.7 Å². The van der Waals surface area contributed by atoms with E-state index in [-0.39, 0.29) is 23.9 Å². The first-order valence-corrected chi connectivity index (χ1v) is 4.37. The zero-order chi connectivity index (χ0) is 9.35. The molecule has 2 N–H and O–H groups in total. The van der Waals surface area contributed by atoms with Gasteiger partial charge in [-0.25, -0.2) is 0 Å². The van der Waals surface area contributed by atoms with Gasteiger partial charge in [0.05, 0.1) is 0 Å². The van der Waals surface area contributed by atoms with Gasteiger partial charge in [-0.3, -0.25) is 4.79 Å². The second kappa shape index (κ2) is 4.29. The lowest BCUT2D eigenvalue weighted by atomic mass is 9.79. The Kier molecular flexibility index (Phi) is 4.20. The fraction of sp³-hybridized carbons (Fsp3) is 0.889. The molecular formula is C9H18ClNO2. The Hall–Kier alpha value is -0.280. The number of nitrogens with one attached hydrogen (secondary N) is 1. The van der Waals surface area contributed by atoms with Crippen molar-refractivity contribution in [2.75, 3.05) is 6.54 Å². The first kappa shape index (κ1) is 12.7. The number of carbonyl (C=O) groups is 1. The topological polar surface area (TPSA) is 49.3 Å². The van der Waals surface area contributed by atoms with Crippen molar-refractivity contribution in [1.82, 2.24) is 5.32 Å². The van der Waals surface area contributed by atoms with E-state index in [9.17, 15) is 4.79 Å². The van der Waals surface area contributed by atoms with Gasteiger partial charge >= 0.3 is 5.97 Å². The smallest absolute Gasteiger partial charge is 0.320 e. The molecule has 1 heterocycles. The molecule has 13 heavy (non-hydrogen) atoms. The first-order chi connectivity index (χ1) is 5.41. The van der Waals surface area contributed by atoms with Gasteiger partial charge in [0.25, 0.3) is 0 Å². The Morgan fingerprint density at radius 2 is 2.00 bits per heavy atom. The van der Waals surface area contributed by atoms with Crippen LogP contribution in [0.4, 0.5) is 0 Å². The SMILES string of the molecule is CC(C)(C)C1CNC(C(=O)O)C1.Cl. The van der Waals surface area contributed by atoms with E-state index in [1.807, 2.05) is 0 Å². The summed E-state index contributed by atoms with van der Waals surface area (Å²) >= 11 is 0. The molecule has 2 atom stereocenters. The number of hydrogen-bond donors (Lipinski definition) is 2. The Morgan fingerprint density at radius 1 is 1.46 bits per heavy atom. The molecule has 0 saturated carbocycles. The molecule has 0 amide bonds. The third-order valence-corrected chi connectivity index (χ3v) is 2.65. The molecule has 78 valence electrons. The zero-order valence-electron chi connectivity index (χ0n) is 8.33. The normalized spacial score (nSPS) is 28.2. The van der Waals surface area contributed by atoms with Crippen molar-refractivity contribution in [3.8, 4) is 0 Å².